The number of carbonyl (C=O) groups excluding carboxylic acids is 3. The lowest BCUT2D eigenvalue weighted by atomic mass is 10.0. The van der Waals surface area contributed by atoms with Gasteiger partial charge >= 0.3 is 5.97 Å². The van der Waals surface area contributed by atoms with Crippen molar-refractivity contribution in [1.82, 2.24) is 10.2 Å². The Morgan fingerprint density at radius 2 is 1.70 bits per heavy atom. The summed E-state index contributed by atoms with van der Waals surface area (Å²) in [6, 6.07) is 16.1. The van der Waals surface area contributed by atoms with Crippen molar-refractivity contribution in [2.75, 3.05) is 19.7 Å². The van der Waals surface area contributed by atoms with E-state index in [0.717, 1.165) is 19.3 Å². The van der Waals surface area contributed by atoms with E-state index in [4.69, 9.17) is 9.47 Å². The number of piperidine rings is 1. The maximum atomic E-state index is 12.2. The third kappa shape index (κ3) is 6.07. The summed E-state index contributed by atoms with van der Waals surface area (Å²) in [5.41, 5.74) is 0.390. The van der Waals surface area contributed by atoms with Crippen LogP contribution in [0.3, 0.4) is 0 Å². The number of carbonyl (C=O) groups is 3. The van der Waals surface area contributed by atoms with Gasteiger partial charge in [-0.1, -0.05) is 18.2 Å². The van der Waals surface area contributed by atoms with Crippen molar-refractivity contribution in [2.24, 2.45) is 0 Å². The molecule has 0 unspecified atom stereocenters. The monoisotopic (exact) mass is 410 g/mol. The highest BCUT2D eigenvalue weighted by Gasteiger charge is 2.24. The molecule has 2 aromatic rings. The third-order valence-electron chi connectivity index (χ3n) is 4.97. The normalized spacial score (nSPS) is 15.9. The van der Waals surface area contributed by atoms with Crippen molar-refractivity contribution >= 4 is 17.8 Å². The zero-order chi connectivity index (χ0) is 21.3. The van der Waals surface area contributed by atoms with Gasteiger partial charge in [0, 0.05) is 18.2 Å². The third-order valence-corrected chi connectivity index (χ3v) is 4.97. The van der Waals surface area contributed by atoms with Crippen LogP contribution in [0.15, 0.2) is 54.6 Å². The molecule has 1 N–H and O–H groups in total. The lowest BCUT2D eigenvalue weighted by Crippen LogP contribution is -2.44. The number of benzene rings is 2. The van der Waals surface area contributed by atoms with Crippen molar-refractivity contribution < 1.29 is 23.9 Å². The molecule has 2 aromatic carbocycles. The Kier molecular flexibility index (Phi) is 7.43. The lowest BCUT2D eigenvalue weighted by molar-refractivity contribution is -0.152. The zero-order valence-corrected chi connectivity index (χ0v) is 17.0. The van der Waals surface area contributed by atoms with Crippen molar-refractivity contribution in [2.45, 2.75) is 32.2 Å². The molecule has 1 atom stereocenters. The predicted octanol–water partition coefficient (Wildman–Crippen LogP) is 3.15. The Morgan fingerprint density at radius 3 is 2.40 bits per heavy atom. The summed E-state index contributed by atoms with van der Waals surface area (Å²) in [6.07, 6.45) is 3.04. The van der Waals surface area contributed by atoms with Crippen LogP contribution in [0.25, 0.3) is 0 Å². The molecule has 7 nitrogen and oxygen atoms in total. The molecule has 1 saturated heterocycles. The molecule has 1 aliphatic heterocycles. The van der Waals surface area contributed by atoms with Crippen LogP contribution >= 0.6 is 0 Å². The van der Waals surface area contributed by atoms with E-state index in [1.54, 1.807) is 29.2 Å². The second-order valence-corrected chi connectivity index (χ2v) is 7.21. The summed E-state index contributed by atoms with van der Waals surface area (Å²) in [7, 11) is 0. The fourth-order valence-electron chi connectivity index (χ4n) is 3.30. The van der Waals surface area contributed by atoms with Crippen LogP contribution in [0.5, 0.6) is 11.5 Å². The Morgan fingerprint density at radius 1 is 1.00 bits per heavy atom. The first-order valence-corrected chi connectivity index (χ1v) is 10.1. The molecule has 0 saturated carbocycles. The van der Waals surface area contributed by atoms with Crippen molar-refractivity contribution in [3.8, 4) is 11.5 Å². The van der Waals surface area contributed by atoms with Gasteiger partial charge in [0.1, 0.15) is 18.0 Å². The first kappa shape index (κ1) is 21.4. The SMILES string of the molecule is C[C@@H]1CCCCN1C(=O)COC(=O)CNC(=O)c1ccc(Oc2ccccc2)cc1. The maximum Gasteiger partial charge on any atom is 0.325 e. The Labute approximate surface area is 176 Å². The van der Waals surface area contributed by atoms with Gasteiger partial charge in [-0.2, -0.15) is 0 Å². The molecule has 1 fully saturated rings. The number of hydrogen-bond donors (Lipinski definition) is 1. The molecular formula is C23H26N2O5. The predicted molar refractivity (Wildman–Crippen MR) is 111 cm³/mol. The van der Waals surface area contributed by atoms with E-state index >= 15 is 0 Å². The van der Waals surface area contributed by atoms with E-state index in [9.17, 15) is 14.4 Å². The smallest absolute Gasteiger partial charge is 0.325 e. The molecular weight excluding hydrogens is 384 g/mol. The standard InChI is InChI=1S/C23H26N2O5/c1-17-7-5-6-14-25(17)21(26)16-29-22(27)15-24-23(28)18-10-12-20(13-11-18)30-19-8-3-2-4-9-19/h2-4,8-13,17H,5-7,14-16H2,1H3,(H,24,28)/t17-/m1/s1. The lowest BCUT2D eigenvalue weighted by Gasteiger charge is -2.33. The average molecular weight is 410 g/mol. The molecule has 3 rings (SSSR count). The van der Waals surface area contributed by atoms with E-state index in [1.807, 2.05) is 37.3 Å². The Bertz CT molecular complexity index is 867. The summed E-state index contributed by atoms with van der Waals surface area (Å²) in [6.45, 7) is 2.09. The molecule has 2 amide bonds. The molecule has 30 heavy (non-hydrogen) atoms. The van der Waals surface area contributed by atoms with Gasteiger partial charge < -0.3 is 19.7 Å². The minimum Gasteiger partial charge on any atom is -0.457 e. The van der Waals surface area contributed by atoms with Crippen LogP contribution in [-0.2, 0) is 14.3 Å². The number of hydrogen-bond acceptors (Lipinski definition) is 5. The van der Waals surface area contributed by atoms with Gasteiger partial charge in [-0.25, -0.2) is 0 Å². The fourth-order valence-corrected chi connectivity index (χ4v) is 3.30. The highest BCUT2D eigenvalue weighted by Crippen LogP contribution is 2.21. The zero-order valence-electron chi connectivity index (χ0n) is 17.0. The average Bonchev–Trinajstić information content (AvgIpc) is 2.77. The highest BCUT2D eigenvalue weighted by atomic mass is 16.5. The topological polar surface area (TPSA) is 84.9 Å². The molecule has 0 bridgehead atoms. The number of likely N-dealkylation sites (tertiary alicyclic amines) is 1. The van der Waals surface area contributed by atoms with Crippen LogP contribution < -0.4 is 10.1 Å². The molecule has 0 radical (unpaired) electrons. The van der Waals surface area contributed by atoms with Gasteiger partial charge in [0.15, 0.2) is 6.61 Å². The van der Waals surface area contributed by atoms with Gasteiger partial charge in [-0.3, -0.25) is 14.4 Å². The summed E-state index contributed by atoms with van der Waals surface area (Å²) in [5, 5.41) is 2.50. The van der Waals surface area contributed by atoms with Gasteiger partial charge in [0.05, 0.1) is 0 Å². The number of para-hydroxylation sites is 1. The minimum absolute atomic E-state index is 0.165. The van der Waals surface area contributed by atoms with Crippen LogP contribution in [-0.4, -0.2) is 48.4 Å². The largest absolute Gasteiger partial charge is 0.457 e. The molecule has 158 valence electrons. The van der Waals surface area contributed by atoms with Crippen LogP contribution in [0.2, 0.25) is 0 Å². The minimum atomic E-state index is -0.648. The Hall–Kier alpha value is -3.35. The maximum absolute atomic E-state index is 12.2. The Balaban J connectivity index is 1.41. The molecule has 0 aliphatic carbocycles. The molecule has 0 spiro atoms. The van der Waals surface area contributed by atoms with Crippen molar-refractivity contribution in [3.63, 3.8) is 0 Å². The van der Waals surface area contributed by atoms with Gasteiger partial charge in [-0.05, 0) is 62.6 Å². The van der Waals surface area contributed by atoms with Crippen LogP contribution in [0.1, 0.15) is 36.5 Å². The number of ether oxygens (including phenoxy) is 2. The molecule has 1 aliphatic rings. The second kappa shape index (κ2) is 10.4. The first-order chi connectivity index (χ1) is 14.5. The number of amides is 2. The van der Waals surface area contributed by atoms with Crippen LogP contribution in [0.4, 0.5) is 0 Å². The van der Waals surface area contributed by atoms with Crippen LogP contribution in [0, 0.1) is 0 Å². The number of nitrogens with one attached hydrogen (secondary N) is 1. The van der Waals surface area contributed by atoms with Gasteiger partial charge in [0.25, 0.3) is 11.8 Å². The summed E-state index contributed by atoms with van der Waals surface area (Å²) < 4.78 is 10.7. The molecule has 1 heterocycles. The van der Waals surface area contributed by atoms with E-state index in [2.05, 4.69) is 5.32 Å². The van der Waals surface area contributed by atoms with Gasteiger partial charge in [-0.15, -0.1) is 0 Å². The van der Waals surface area contributed by atoms with Crippen molar-refractivity contribution in [1.29, 1.82) is 0 Å². The van der Waals surface area contributed by atoms with E-state index < -0.39 is 11.9 Å². The molecule has 7 heteroatoms. The van der Waals surface area contributed by atoms with E-state index in [1.165, 1.54) is 0 Å². The number of esters is 1. The number of nitrogens with zero attached hydrogens (tertiary/aromatic N) is 1. The quantitative estimate of drug-likeness (QED) is 0.709. The fraction of sp³-hybridized carbons (Fsp3) is 0.348. The van der Waals surface area contributed by atoms with E-state index in [0.29, 0.717) is 23.6 Å². The second-order valence-electron chi connectivity index (χ2n) is 7.21. The van der Waals surface area contributed by atoms with Gasteiger partial charge in [0.2, 0.25) is 0 Å². The highest BCUT2D eigenvalue weighted by molar-refractivity contribution is 5.96. The molecule has 0 aromatic heterocycles. The summed E-state index contributed by atoms with van der Waals surface area (Å²) in [5.74, 6) is 0.0454. The van der Waals surface area contributed by atoms with Crippen molar-refractivity contribution in [3.05, 3.63) is 60.2 Å². The summed E-state index contributed by atoms with van der Waals surface area (Å²) in [4.78, 5) is 38.0. The number of rotatable bonds is 7. The summed E-state index contributed by atoms with van der Waals surface area (Å²) >= 11 is 0. The first-order valence-electron chi connectivity index (χ1n) is 10.1. The van der Waals surface area contributed by atoms with E-state index in [-0.39, 0.29) is 25.1 Å².